The number of hydrogen-bond acceptors (Lipinski definition) is 5. The maximum atomic E-state index is 11.8. The smallest absolute Gasteiger partial charge is 0.310 e. The van der Waals surface area contributed by atoms with Crippen LogP contribution in [-0.4, -0.2) is 51.4 Å². The third-order valence-corrected chi connectivity index (χ3v) is 4.67. The molecule has 0 aromatic heterocycles. The number of ether oxygens (including phenoxy) is 1. The van der Waals surface area contributed by atoms with E-state index in [1.165, 1.54) is 14.0 Å². The van der Waals surface area contributed by atoms with Gasteiger partial charge in [-0.2, -0.15) is 0 Å². The van der Waals surface area contributed by atoms with Gasteiger partial charge in [-0.25, -0.2) is 13.1 Å². The van der Waals surface area contributed by atoms with Crippen LogP contribution in [0.5, 0.6) is 0 Å². The first-order chi connectivity index (χ1) is 11.2. The zero-order valence-electron chi connectivity index (χ0n) is 13.6. The van der Waals surface area contributed by atoms with E-state index >= 15 is 0 Å². The molecule has 0 aliphatic rings. The van der Waals surface area contributed by atoms with Crippen molar-refractivity contribution in [3.8, 4) is 0 Å². The summed E-state index contributed by atoms with van der Waals surface area (Å²) in [5.41, 5.74) is 0.949. The highest BCUT2D eigenvalue weighted by atomic mass is 32.2. The fraction of sp³-hybridized carbons (Fsp3) is 0.467. The molecule has 1 unspecified atom stereocenters. The number of amides is 1. The van der Waals surface area contributed by atoms with Crippen molar-refractivity contribution >= 4 is 27.6 Å². The zero-order valence-corrected chi connectivity index (χ0v) is 14.4. The Bertz CT molecular complexity index is 674. The molecule has 3 N–H and O–H groups in total. The quantitative estimate of drug-likeness (QED) is 0.531. The van der Waals surface area contributed by atoms with E-state index in [0.29, 0.717) is 24.3 Å². The van der Waals surface area contributed by atoms with Crippen LogP contribution < -0.4 is 10.0 Å². The number of aliphatic carboxylic acids is 1. The second-order valence-corrected chi connectivity index (χ2v) is 7.15. The van der Waals surface area contributed by atoms with Gasteiger partial charge in [0.25, 0.3) is 0 Å². The summed E-state index contributed by atoms with van der Waals surface area (Å²) in [6.45, 7) is 1.47. The Morgan fingerprint density at radius 1 is 1.33 bits per heavy atom. The summed E-state index contributed by atoms with van der Waals surface area (Å²) in [4.78, 5) is 22.8. The Kier molecular flexibility index (Phi) is 7.83. The Balaban J connectivity index is 2.56. The summed E-state index contributed by atoms with van der Waals surface area (Å²) in [6, 6.07) is 6.42. The SMILES string of the molecule is COCCCS(=O)(=O)NCC(=O)Nc1cccc(C(C)C(=O)O)c1. The topological polar surface area (TPSA) is 122 Å². The van der Waals surface area contributed by atoms with Crippen LogP contribution in [0.25, 0.3) is 0 Å². The van der Waals surface area contributed by atoms with Gasteiger partial charge in [0, 0.05) is 19.4 Å². The molecule has 1 amide bonds. The lowest BCUT2D eigenvalue weighted by Crippen LogP contribution is -2.34. The Hall–Kier alpha value is -1.97. The van der Waals surface area contributed by atoms with Gasteiger partial charge >= 0.3 is 5.97 Å². The molecular weight excluding hydrogens is 336 g/mol. The molecule has 0 saturated carbocycles. The third-order valence-electron chi connectivity index (χ3n) is 3.25. The van der Waals surface area contributed by atoms with Gasteiger partial charge in [0.15, 0.2) is 0 Å². The van der Waals surface area contributed by atoms with Gasteiger partial charge in [-0.1, -0.05) is 12.1 Å². The van der Waals surface area contributed by atoms with Crippen LogP contribution >= 0.6 is 0 Å². The molecule has 1 aromatic carbocycles. The van der Waals surface area contributed by atoms with E-state index in [1.54, 1.807) is 24.3 Å². The summed E-state index contributed by atoms with van der Waals surface area (Å²) in [5, 5.41) is 11.5. The van der Waals surface area contributed by atoms with Gasteiger partial charge in [0.05, 0.1) is 18.2 Å². The van der Waals surface area contributed by atoms with Gasteiger partial charge in [-0.3, -0.25) is 9.59 Å². The minimum atomic E-state index is -3.54. The van der Waals surface area contributed by atoms with Crippen LogP contribution in [0.2, 0.25) is 0 Å². The zero-order chi connectivity index (χ0) is 18.2. The molecule has 0 radical (unpaired) electrons. The second-order valence-electron chi connectivity index (χ2n) is 5.22. The molecule has 8 nitrogen and oxygen atoms in total. The number of benzene rings is 1. The fourth-order valence-corrected chi connectivity index (χ4v) is 2.87. The van der Waals surface area contributed by atoms with E-state index in [1.807, 2.05) is 0 Å². The van der Waals surface area contributed by atoms with E-state index in [4.69, 9.17) is 9.84 Å². The maximum absolute atomic E-state index is 11.8. The van der Waals surface area contributed by atoms with Crippen LogP contribution in [0.15, 0.2) is 24.3 Å². The van der Waals surface area contributed by atoms with Crippen LogP contribution in [0, 0.1) is 0 Å². The van der Waals surface area contributed by atoms with E-state index in [-0.39, 0.29) is 5.75 Å². The number of nitrogens with one attached hydrogen (secondary N) is 2. The number of carbonyl (C=O) groups excluding carboxylic acids is 1. The van der Waals surface area contributed by atoms with Crippen molar-refractivity contribution < 1.29 is 27.9 Å². The standard InChI is InChI=1S/C15H22N2O6S/c1-11(15(19)20)12-5-3-6-13(9-12)17-14(18)10-16-24(21,22)8-4-7-23-2/h3,5-6,9,11,16H,4,7-8,10H2,1-2H3,(H,17,18)(H,19,20). The van der Waals surface area contributed by atoms with Gasteiger partial charge in [0.1, 0.15) is 0 Å². The van der Waals surface area contributed by atoms with Gasteiger partial charge in [-0.05, 0) is 31.0 Å². The average Bonchev–Trinajstić information content (AvgIpc) is 2.52. The van der Waals surface area contributed by atoms with Gasteiger partial charge in [0.2, 0.25) is 15.9 Å². The number of carboxylic acid groups (broad SMARTS) is 1. The summed E-state index contributed by atoms with van der Waals surface area (Å²) in [7, 11) is -2.06. The van der Waals surface area contributed by atoms with E-state index < -0.39 is 34.4 Å². The molecule has 24 heavy (non-hydrogen) atoms. The summed E-state index contributed by atoms with van der Waals surface area (Å²) >= 11 is 0. The highest BCUT2D eigenvalue weighted by Gasteiger charge is 2.15. The maximum Gasteiger partial charge on any atom is 0.310 e. The summed E-state index contributed by atoms with van der Waals surface area (Å²) in [5.74, 6) is -2.34. The summed E-state index contributed by atoms with van der Waals surface area (Å²) < 4.78 is 30.3. The minimum Gasteiger partial charge on any atom is -0.481 e. The van der Waals surface area contributed by atoms with Crippen molar-refractivity contribution in [2.45, 2.75) is 19.3 Å². The number of anilines is 1. The minimum absolute atomic E-state index is 0.125. The van der Waals surface area contributed by atoms with Crippen LogP contribution in [-0.2, 0) is 24.3 Å². The molecule has 9 heteroatoms. The molecule has 0 spiro atoms. The van der Waals surface area contributed by atoms with Crippen LogP contribution in [0.4, 0.5) is 5.69 Å². The average molecular weight is 358 g/mol. The molecule has 0 bridgehead atoms. The lowest BCUT2D eigenvalue weighted by molar-refractivity contribution is -0.138. The largest absolute Gasteiger partial charge is 0.481 e. The molecular formula is C15H22N2O6S. The molecule has 0 heterocycles. The predicted molar refractivity (Wildman–Crippen MR) is 89.4 cm³/mol. The Morgan fingerprint density at radius 3 is 2.67 bits per heavy atom. The molecule has 1 aromatic rings. The van der Waals surface area contributed by atoms with Crippen LogP contribution in [0.1, 0.15) is 24.8 Å². The number of rotatable bonds is 10. The number of carboxylic acids is 1. The summed E-state index contributed by atoms with van der Waals surface area (Å²) in [6.07, 6.45) is 0.336. The van der Waals surface area contributed by atoms with Gasteiger partial charge in [-0.15, -0.1) is 0 Å². The lowest BCUT2D eigenvalue weighted by Gasteiger charge is -2.11. The first-order valence-electron chi connectivity index (χ1n) is 7.34. The third kappa shape index (κ3) is 7.07. The number of methoxy groups -OCH3 is 1. The van der Waals surface area contributed by atoms with Crippen molar-refractivity contribution in [2.75, 3.05) is 31.3 Å². The molecule has 134 valence electrons. The molecule has 1 atom stereocenters. The van der Waals surface area contributed by atoms with Gasteiger partial charge < -0.3 is 15.2 Å². The second kappa shape index (κ2) is 9.36. The fourth-order valence-electron chi connectivity index (χ4n) is 1.87. The first-order valence-corrected chi connectivity index (χ1v) is 8.99. The van der Waals surface area contributed by atoms with E-state index in [9.17, 15) is 18.0 Å². The molecule has 0 aliphatic carbocycles. The monoisotopic (exact) mass is 358 g/mol. The number of sulfonamides is 1. The molecule has 0 saturated heterocycles. The molecule has 0 fully saturated rings. The van der Waals surface area contributed by atoms with Crippen molar-refractivity contribution in [3.63, 3.8) is 0 Å². The predicted octanol–water partition coefficient (Wildman–Crippen LogP) is 0.769. The Labute approximate surface area is 141 Å². The first kappa shape index (κ1) is 20.1. The highest BCUT2D eigenvalue weighted by Crippen LogP contribution is 2.19. The van der Waals surface area contributed by atoms with E-state index in [2.05, 4.69) is 10.0 Å². The highest BCUT2D eigenvalue weighted by molar-refractivity contribution is 7.89. The van der Waals surface area contributed by atoms with Crippen molar-refractivity contribution in [2.24, 2.45) is 0 Å². The van der Waals surface area contributed by atoms with Crippen molar-refractivity contribution in [1.29, 1.82) is 0 Å². The number of hydrogen-bond donors (Lipinski definition) is 3. The lowest BCUT2D eigenvalue weighted by atomic mass is 10.0. The molecule has 0 aliphatic heterocycles. The van der Waals surface area contributed by atoms with Crippen molar-refractivity contribution in [1.82, 2.24) is 4.72 Å². The Morgan fingerprint density at radius 2 is 2.04 bits per heavy atom. The normalized spacial score (nSPS) is 12.6. The number of carbonyl (C=O) groups is 2. The van der Waals surface area contributed by atoms with Crippen LogP contribution in [0.3, 0.4) is 0 Å². The molecule has 1 rings (SSSR count). The van der Waals surface area contributed by atoms with Crippen molar-refractivity contribution in [3.05, 3.63) is 29.8 Å². The van der Waals surface area contributed by atoms with E-state index in [0.717, 1.165) is 0 Å².